The Kier molecular flexibility index (Phi) is 20.4. The van der Waals surface area contributed by atoms with Crippen molar-refractivity contribution in [1.29, 1.82) is 0 Å². The molecule has 2 aromatic carbocycles. The molecule has 2 aromatic rings. The number of para-hydroxylation sites is 2. The minimum atomic E-state index is -5.24. The molecule has 0 radical (unpaired) electrons. The standard InChI is InChI=1S/C15H16O6S3.C5H6F6O6S2.C4H10O6S2/c1-2-22-15(23(16,17)20-13-9-5-3-6-10-13)24(18,19)21-14-11-7-4-8-12-14;6-4(7,8)1-16-18(12,13)3-19(14,15)17-2-5(9,10)11;1-4(11(5,6)9-2)12(7,8)10-3/h3-12,15H,2H2,1H3;1-3H2;4H,1-3H3. The number of halogens is 6. The van der Waals surface area contributed by atoms with Crippen molar-refractivity contribution in [2.24, 2.45) is 0 Å². The molecule has 0 saturated carbocycles. The van der Waals surface area contributed by atoms with Crippen LogP contribution in [0.3, 0.4) is 0 Å². The molecular weight excluding hydrogens is 915 g/mol. The lowest BCUT2D eigenvalue weighted by atomic mass is 10.3. The van der Waals surface area contributed by atoms with E-state index in [-0.39, 0.29) is 17.3 Å². The number of benzene rings is 2. The van der Waals surface area contributed by atoms with E-state index < -0.39 is 99.9 Å². The summed E-state index contributed by atoms with van der Waals surface area (Å²) in [5.74, 6) is 0.322. The monoisotopic (exact) mass is 946 g/mol. The van der Waals surface area contributed by atoms with Crippen LogP contribution >= 0.6 is 11.8 Å². The van der Waals surface area contributed by atoms with Gasteiger partial charge in [-0.25, -0.2) is 0 Å². The highest BCUT2D eigenvalue weighted by Gasteiger charge is 2.42. The molecule has 55 heavy (non-hydrogen) atoms. The van der Waals surface area contributed by atoms with E-state index in [1.807, 2.05) is 0 Å². The van der Waals surface area contributed by atoms with Gasteiger partial charge in [0.05, 0.1) is 14.2 Å². The Morgan fingerprint density at radius 2 is 0.873 bits per heavy atom. The summed E-state index contributed by atoms with van der Waals surface area (Å²) in [6, 6.07) is 15.4. The fourth-order valence-corrected chi connectivity index (χ4v) is 12.4. The molecule has 0 aliphatic rings. The lowest BCUT2D eigenvalue weighted by molar-refractivity contribution is -0.152. The molecule has 320 valence electrons. The minimum absolute atomic E-state index is 0.0362. The smallest absolute Gasteiger partial charge is 0.381 e. The molecule has 0 saturated heterocycles. The Balaban J connectivity index is 0.000000844. The van der Waals surface area contributed by atoms with E-state index in [1.165, 1.54) is 24.3 Å². The van der Waals surface area contributed by atoms with Crippen LogP contribution in [0.5, 0.6) is 11.5 Å². The third kappa shape index (κ3) is 21.6. The number of hydrogen-bond acceptors (Lipinski definition) is 19. The Morgan fingerprint density at radius 1 is 0.564 bits per heavy atom. The highest BCUT2D eigenvalue weighted by atomic mass is 32.3. The lowest BCUT2D eigenvalue weighted by Gasteiger charge is -2.17. The van der Waals surface area contributed by atoms with Gasteiger partial charge in [-0.05, 0) is 36.9 Å². The maximum atomic E-state index is 12.4. The minimum Gasteiger partial charge on any atom is -0.381 e. The van der Waals surface area contributed by atoms with Crippen molar-refractivity contribution in [3.05, 3.63) is 60.7 Å². The predicted octanol–water partition coefficient (Wildman–Crippen LogP) is 2.89. The average Bonchev–Trinajstić information content (AvgIpc) is 3.05. The van der Waals surface area contributed by atoms with Crippen molar-refractivity contribution in [3.63, 3.8) is 0 Å². The quantitative estimate of drug-likeness (QED) is 0.154. The first-order chi connectivity index (χ1) is 24.7. The van der Waals surface area contributed by atoms with E-state index >= 15 is 0 Å². The van der Waals surface area contributed by atoms with Crippen LogP contribution in [0.15, 0.2) is 60.7 Å². The molecule has 0 fully saturated rings. The van der Waals surface area contributed by atoms with Gasteiger partial charge in [-0.1, -0.05) is 43.3 Å². The summed E-state index contributed by atoms with van der Waals surface area (Å²) in [4.78, 5) is 0. The molecule has 0 amide bonds. The Hall–Kier alpha value is -2.49. The highest BCUT2D eigenvalue weighted by molar-refractivity contribution is 8.25. The van der Waals surface area contributed by atoms with E-state index in [0.717, 1.165) is 21.1 Å². The van der Waals surface area contributed by atoms with Crippen molar-refractivity contribution in [2.75, 3.05) is 38.3 Å². The number of thioether (sulfide) groups is 1. The van der Waals surface area contributed by atoms with Gasteiger partial charge in [0.25, 0.3) is 44.4 Å². The van der Waals surface area contributed by atoms with Crippen molar-refractivity contribution < 1.29 is 102 Å². The largest absolute Gasteiger partial charge is 0.413 e. The van der Waals surface area contributed by atoms with Gasteiger partial charge < -0.3 is 8.37 Å². The van der Waals surface area contributed by atoms with Gasteiger partial charge >= 0.3 is 32.6 Å². The van der Waals surface area contributed by atoms with Crippen LogP contribution in [0.25, 0.3) is 0 Å². The molecule has 31 heteroatoms. The summed E-state index contributed by atoms with van der Waals surface area (Å²) in [7, 11) is -25.8. The van der Waals surface area contributed by atoms with Crippen LogP contribution in [0.2, 0.25) is 0 Å². The summed E-state index contributed by atoms with van der Waals surface area (Å²) >= 11 is 0.703. The van der Waals surface area contributed by atoms with Crippen LogP contribution in [0.1, 0.15) is 13.8 Å². The first-order valence-corrected chi connectivity index (χ1v) is 23.9. The van der Waals surface area contributed by atoms with Gasteiger partial charge in [-0.2, -0.15) is 76.8 Å². The fourth-order valence-electron chi connectivity index (χ4n) is 2.72. The van der Waals surface area contributed by atoms with Crippen LogP contribution in [-0.2, 0) is 77.4 Å². The van der Waals surface area contributed by atoms with Crippen molar-refractivity contribution in [3.8, 4) is 11.5 Å². The molecule has 0 bridgehead atoms. The molecule has 0 aliphatic heterocycles. The van der Waals surface area contributed by atoms with Crippen LogP contribution < -0.4 is 8.37 Å². The van der Waals surface area contributed by atoms with Crippen molar-refractivity contribution >= 4 is 72.5 Å². The lowest BCUT2D eigenvalue weighted by Crippen LogP contribution is -2.34. The zero-order chi connectivity index (χ0) is 43.2. The van der Waals surface area contributed by atoms with E-state index in [4.69, 9.17) is 8.37 Å². The Labute approximate surface area is 318 Å². The molecule has 18 nitrogen and oxygen atoms in total. The second kappa shape index (κ2) is 21.3. The highest BCUT2D eigenvalue weighted by Crippen LogP contribution is 2.29. The molecule has 0 aliphatic carbocycles. The van der Waals surface area contributed by atoms with Crippen LogP contribution in [0, 0.1) is 0 Å². The van der Waals surface area contributed by atoms with Crippen molar-refractivity contribution in [1.82, 2.24) is 0 Å². The zero-order valence-electron chi connectivity index (χ0n) is 28.2. The van der Waals surface area contributed by atoms with Gasteiger partial charge in [0.15, 0.2) is 13.2 Å². The molecule has 0 unspecified atom stereocenters. The van der Waals surface area contributed by atoms with E-state index in [9.17, 15) is 76.8 Å². The number of rotatable bonds is 18. The summed E-state index contributed by atoms with van der Waals surface area (Å²) in [6.07, 6.45) is -10.1. The summed E-state index contributed by atoms with van der Waals surface area (Å²) in [5.41, 5.74) is 0. The van der Waals surface area contributed by atoms with Gasteiger partial charge in [-0.15, -0.1) is 11.8 Å². The zero-order valence-corrected chi connectivity index (χ0v) is 33.9. The van der Waals surface area contributed by atoms with Gasteiger partial charge in [0.1, 0.15) is 11.5 Å². The van der Waals surface area contributed by atoms with E-state index in [1.54, 1.807) is 43.3 Å². The topological polar surface area (TPSA) is 260 Å². The maximum Gasteiger partial charge on any atom is 0.413 e. The summed E-state index contributed by atoms with van der Waals surface area (Å²) in [6.45, 7) is -1.99. The number of alkyl halides is 6. The fraction of sp³-hybridized carbons (Fsp3) is 0.500. The third-order valence-corrected chi connectivity index (χ3v) is 18.3. The van der Waals surface area contributed by atoms with Crippen LogP contribution in [0.4, 0.5) is 26.3 Å². The van der Waals surface area contributed by atoms with Gasteiger partial charge in [0.2, 0.25) is 9.67 Å². The second-order valence-corrected chi connectivity index (χ2v) is 22.9. The van der Waals surface area contributed by atoms with Gasteiger partial charge in [0, 0.05) is 0 Å². The molecule has 0 heterocycles. The molecule has 0 aromatic heterocycles. The molecule has 0 spiro atoms. The molecule has 2 rings (SSSR count). The maximum absolute atomic E-state index is 12.4. The Morgan fingerprint density at radius 3 is 1.13 bits per heavy atom. The average molecular weight is 947 g/mol. The van der Waals surface area contributed by atoms with Crippen LogP contribution in [-0.4, -0.2) is 110 Å². The van der Waals surface area contributed by atoms with E-state index in [2.05, 4.69) is 16.7 Å². The van der Waals surface area contributed by atoms with E-state index in [0.29, 0.717) is 11.8 Å². The van der Waals surface area contributed by atoms with Crippen molar-refractivity contribution in [2.45, 2.75) is 34.7 Å². The number of hydrogen-bond donors (Lipinski definition) is 0. The molecular formula is C24H32F6O18S7. The summed E-state index contributed by atoms with van der Waals surface area (Å²) < 4.78 is 226. The summed E-state index contributed by atoms with van der Waals surface area (Å²) in [5, 5.41) is -2.16. The normalized spacial score (nSPS) is 13.3. The first-order valence-electron chi connectivity index (χ1n) is 13.8. The first kappa shape index (κ1) is 52.5. The second-order valence-electron chi connectivity index (χ2n) is 9.40. The Bertz CT molecular complexity index is 2000. The molecule has 0 N–H and O–H groups in total. The third-order valence-electron chi connectivity index (χ3n) is 5.06. The van der Waals surface area contributed by atoms with Gasteiger partial charge in [-0.3, -0.25) is 16.7 Å². The SMILES string of the molecule is CCSC(S(=O)(=O)Oc1ccccc1)S(=O)(=O)Oc1ccccc1.COS(=O)(=O)C(C)S(=O)(=O)OC.O=S(=O)(CS(=O)(=O)OCC(F)(F)F)OCC(F)(F)F. The predicted molar refractivity (Wildman–Crippen MR) is 182 cm³/mol. The molecule has 0 atom stereocenters.